The maximum Gasteiger partial charge on any atom is 0.256 e. The van der Waals surface area contributed by atoms with Gasteiger partial charge in [-0.15, -0.1) is 11.8 Å². The van der Waals surface area contributed by atoms with Crippen molar-refractivity contribution in [2.75, 3.05) is 5.32 Å². The summed E-state index contributed by atoms with van der Waals surface area (Å²) in [5.41, 5.74) is 1.02. The number of hydrogen-bond donors (Lipinski definition) is 1. The second-order valence-electron chi connectivity index (χ2n) is 5.51. The lowest BCUT2D eigenvalue weighted by Gasteiger charge is -2.10. The largest absolute Gasteiger partial charge is 0.340 e. The third-order valence-electron chi connectivity index (χ3n) is 3.64. The Hall–Kier alpha value is -2.87. The van der Waals surface area contributed by atoms with E-state index in [0.717, 1.165) is 4.90 Å². The maximum absolute atomic E-state index is 12.7. The van der Waals surface area contributed by atoms with Crippen molar-refractivity contribution in [2.24, 2.45) is 0 Å². The van der Waals surface area contributed by atoms with Gasteiger partial charge in [-0.3, -0.25) is 9.59 Å². The van der Waals surface area contributed by atoms with E-state index in [1.165, 1.54) is 22.4 Å². The Labute approximate surface area is 154 Å². The molecule has 2 aromatic heterocycles. The zero-order chi connectivity index (χ0) is 18.5. The number of carbonyl (C=O) groups is 1. The second-order valence-corrected chi connectivity index (χ2v) is 6.53. The molecule has 134 valence electrons. The third-order valence-corrected chi connectivity index (χ3v) is 4.71. The number of amides is 1. The predicted octanol–water partition coefficient (Wildman–Crippen LogP) is 3.10. The van der Waals surface area contributed by atoms with Crippen molar-refractivity contribution in [1.29, 1.82) is 0 Å². The first kappa shape index (κ1) is 17.9. The minimum Gasteiger partial charge on any atom is -0.340 e. The van der Waals surface area contributed by atoms with E-state index in [9.17, 15) is 9.59 Å². The molecule has 0 aliphatic rings. The molecule has 0 aliphatic carbocycles. The van der Waals surface area contributed by atoms with E-state index >= 15 is 0 Å². The third kappa shape index (κ3) is 4.20. The van der Waals surface area contributed by atoms with Gasteiger partial charge in [-0.25, -0.2) is 0 Å². The number of pyridine rings is 1. The van der Waals surface area contributed by atoms with Crippen LogP contribution >= 0.6 is 11.8 Å². The molecule has 0 atom stereocenters. The van der Waals surface area contributed by atoms with Crippen LogP contribution in [0.3, 0.4) is 0 Å². The number of aryl methyl sites for hydroxylation is 2. The molecule has 8 heteroatoms. The minimum atomic E-state index is -0.237. The molecular formula is C18H18N4O3S. The minimum absolute atomic E-state index is 0.100. The first-order chi connectivity index (χ1) is 12.6. The summed E-state index contributed by atoms with van der Waals surface area (Å²) < 4.78 is 6.50. The molecule has 0 spiro atoms. The number of aromatic nitrogens is 3. The summed E-state index contributed by atoms with van der Waals surface area (Å²) in [5, 5.41) is 6.70. The number of thioether (sulfide) groups is 1. The molecule has 0 aliphatic heterocycles. The van der Waals surface area contributed by atoms with Crippen LogP contribution < -0.4 is 10.9 Å². The highest BCUT2D eigenvalue weighted by Crippen LogP contribution is 2.26. The smallest absolute Gasteiger partial charge is 0.256 e. The number of rotatable bonds is 6. The fraction of sp³-hybridized carbons (Fsp3) is 0.222. The van der Waals surface area contributed by atoms with Crippen molar-refractivity contribution in [3.8, 4) is 0 Å². The summed E-state index contributed by atoms with van der Waals surface area (Å²) in [4.78, 5) is 29.3. The normalized spacial score (nSPS) is 10.7. The Morgan fingerprint density at radius 3 is 2.81 bits per heavy atom. The SMILES string of the molecule is CCn1cc(NC(=O)c2ccccc2SCc2noc(C)n2)ccc1=O. The summed E-state index contributed by atoms with van der Waals surface area (Å²) in [6, 6.07) is 10.4. The first-order valence-electron chi connectivity index (χ1n) is 8.09. The van der Waals surface area contributed by atoms with Gasteiger partial charge in [0.2, 0.25) is 5.89 Å². The lowest BCUT2D eigenvalue weighted by Crippen LogP contribution is -2.20. The van der Waals surface area contributed by atoms with E-state index in [2.05, 4.69) is 15.5 Å². The number of anilines is 1. The molecule has 0 radical (unpaired) electrons. The van der Waals surface area contributed by atoms with Crippen LogP contribution in [0.1, 0.15) is 29.0 Å². The van der Waals surface area contributed by atoms with E-state index in [1.54, 1.807) is 25.3 Å². The Kier molecular flexibility index (Phi) is 5.52. The average Bonchev–Trinajstić information content (AvgIpc) is 3.07. The van der Waals surface area contributed by atoms with Crippen LogP contribution in [-0.4, -0.2) is 20.6 Å². The van der Waals surface area contributed by atoms with Crippen molar-refractivity contribution >= 4 is 23.4 Å². The molecule has 7 nitrogen and oxygen atoms in total. The molecule has 2 heterocycles. The molecule has 0 bridgehead atoms. The zero-order valence-electron chi connectivity index (χ0n) is 14.4. The molecule has 3 rings (SSSR count). The first-order valence-corrected chi connectivity index (χ1v) is 9.08. The number of nitrogens with one attached hydrogen (secondary N) is 1. The highest BCUT2D eigenvalue weighted by atomic mass is 32.2. The van der Waals surface area contributed by atoms with Crippen molar-refractivity contribution < 1.29 is 9.32 Å². The van der Waals surface area contributed by atoms with Gasteiger partial charge in [0.25, 0.3) is 11.5 Å². The van der Waals surface area contributed by atoms with Crippen LogP contribution in [0, 0.1) is 6.92 Å². The Morgan fingerprint density at radius 2 is 2.08 bits per heavy atom. The van der Waals surface area contributed by atoms with Gasteiger partial charge in [0.05, 0.1) is 17.0 Å². The van der Waals surface area contributed by atoms with Crippen molar-refractivity contribution in [3.63, 3.8) is 0 Å². The molecule has 1 aromatic carbocycles. The summed E-state index contributed by atoms with van der Waals surface area (Å²) in [6.07, 6.45) is 1.64. The van der Waals surface area contributed by atoms with Crippen LogP contribution in [0.4, 0.5) is 5.69 Å². The van der Waals surface area contributed by atoms with Crippen molar-refractivity contribution in [1.82, 2.24) is 14.7 Å². The van der Waals surface area contributed by atoms with Crippen LogP contribution in [0.25, 0.3) is 0 Å². The standard InChI is InChI=1S/C18H18N4O3S/c1-3-22-10-13(8-9-17(22)23)20-18(24)14-6-4-5-7-15(14)26-11-16-19-12(2)25-21-16/h4-10H,3,11H2,1-2H3,(H,20,24). The fourth-order valence-electron chi connectivity index (χ4n) is 2.37. The van der Waals surface area contributed by atoms with Crippen molar-refractivity contribution in [2.45, 2.75) is 31.0 Å². The van der Waals surface area contributed by atoms with E-state index in [-0.39, 0.29) is 11.5 Å². The van der Waals surface area contributed by atoms with E-state index < -0.39 is 0 Å². The lowest BCUT2D eigenvalue weighted by molar-refractivity contribution is 0.102. The molecule has 0 saturated heterocycles. The molecule has 1 N–H and O–H groups in total. The molecule has 3 aromatic rings. The van der Waals surface area contributed by atoms with Crippen LogP contribution in [0.2, 0.25) is 0 Å². The molecule has 26 heavy (non-hydrogen) atoms. The van der Waals surface area contributed by atoms with Crippen LogP contribution in [-0.2, 0) is 12.3 Å². The van der Waals surface area contributed by atoms with Gasteiger partial charge in [-0.2, -0.15) is 4.98 Å². The molecule has 0 fully saturated rings. The van der Waals surface area contributed by atoms with E-state index in [1.807, 2.05) is 25.1 Å². The maximum atomic E-state index is 12.7. The van der Waals surface area contributed by atoms with Gasteiger partial charge in [-0.1, -0.05) is 17.3 Å². The number of benzene rings is 1. The monoisotopic (exact) mass is 370 g/mol. The number of hydrogen-bond acceptors (Lipinski definition) is 6. The Balaban J connectivity index is 1.76. The molecule has 1 amide bonds. The number of carbonyl (C=O) groups excluding carboxylic acids is 1. The highest BCUT2D eigenvalue weighted by Gasteiger charge is 2.13. The summed E-state index contributed by atoms with van der Waals surface area (Å²) in [6.45, 7) is 4.15. The van der Waals surface area contributed by atoms with E-state index in [0.29, 0.717) is 35.3 Å². The van der Waals surface area contributed by atoms with Gasteiger partial charge in [0.1, 0.15) is 0 Å². The molecule has 0 unspecified atom stereocenters. The highest BCUT2D eigenvalue weighted by molar-refractivity contribution is 7.98. The topological polar surface area (TPSA) is 90.0 Å². The quantitative estimate of drug-likeness (QED) is 0.671. The fourth-order valence-corrected chi connectivity index (χ4v) is 3.27. The van der Waals surface area contributed by atoms with E-state index in [4.69, 9.17) is 4.52 Å². The average molecular weight is 370 g/mol. The van der Waals surface area contributed by atoms with Crippen LogP contribution in [0.15, 0.2) is 56.8 Å². The zero-order valence-corrected chi connectivity index (χ0v) is 15.2. The Morgan fingerprint density at radius 1 is 1.27 bits per heavy atom. The van der Waals surface area contributed by atoms with Gasteiger partial charge in [0, 0.05) is 30.6 Å². The molecular weight excluding hydrogens is 352 g/mol. The van der Waals surface area contributed by atoms with Gasteiger partial charge >= 0.3 is 0 Å². The van der Waals surface area contributed by atoms with Crippen LogP contribution in [0.5, 0.6) is 0 Å². The summed E-state index contributed by atoms with van der Waals surface area (Å²) in [5.74, 6) is 1.36. The van der Waals surface area contributed by atoms with Crippen molar-refractivity contribution in [3.05, 3.63) is 70.2 Å². The lowest BCUT2D eigenvalue weighted by atomic mass is 10.2. The second kappa shape index (κ2) is 8.01. The summed E-state index contributed by atoms with van der Waals surface area (Å²) in [7, 11) is 0. The van der Waals surface area contributed by atoms with Gasteiger partial charge < -0.3 is 14.4 Å². The summed E-state index contributed by atoms with van der Waals surface area (Å²) >= 11 is 1.46. The van der Waals surface area contributed by atoms with Gasteiger partial charge in [0.15, 0.2) is 5.82 Å². The predicted molar refractivity (Wildman–Crippen MR) is 99.4 cm³/mol. The van der Waals surface area contributed by atoms with Gasteiger partial charge in [-0.05, 0) is 25.1 Å². The Bertz CT molecular complexity index is 980. The molecule has 0 saturated carbocycles. The number of nitrogens with zero attached hydrogens (tertiary/aromatic N) is 3.